The first-order valence-corrected chi connectivity index (χ1v) is 11.0. The number of likely N-dealkylation sites (tertiary alicyclic amines) is 1. The molecular formula is C24H26N4O3S. The van der Waals surface area contributed by atoms with Crippen molar-refractivity contribution in [2.24, 2.45) is 4.99 Å². The number of hydrogen-bond acceptors (Lipinski definition) is 6. The van der Waals surface area contributed by atoms with Crippen molar-refractivity contribution in [2.45, 2.75) is 25.4 Å². The van der Waals surface area contributed by atoms with Crippen LogP contribution < -0.4 is 10.3 Å². The number of aliphatic imine (C=N–C) groups is 1. The molecule has 1 aromatic heterocycles. The third kappa shape index (κ3) is 4.81. The molecule has 0 amide bonds. The molecule has 0 bridgehead atoms. The molecule has 0 atom stereocenters. The molecule has 8 heteroatoms. The number of piperidine rings is 1. The fourth-order valence-corrected chi connectivity index (χ4v) is 4.22. The molecule has 0 unspecified atom stereocenters. The molecule has 1 fully saturated rings. The van der Waals surface area contributed by atoms with Gasteiger partial charge < -0.3 is 9.84 Å². The van der Waals surface area contributed by atoms with Gasteiger partial charge in [0.2, 0.25) is 5.88 Å². The minimum absolute atomic E-state index is 0.0798. The fraction of sp³-hybridized carbons (Fsp3) is 0.292. The summed E-state index contributed by atoms with van der Waals surface area (Å²) < 4.78 is 6.85. The van der Waals surface area contributed by atoms with Gasteiger partial charge in [0, 0.05) is 25.8 Å². The highest BCUT2D eigenvalue weighted by molar-refractivity contribution is 7.71. The van der Waals surface area contributed by atoms with Gasteiger partial charge in [-0.2, -0.15) is 0 Å². The average molecular weight is 451 g/mol. The van der Waals surface area contributed by atoms with Crippen LogP contribution in [-0.2, 0) is 6.54 Å². The Labute approximate surface area is 191 Å². The summed E-state index contributed by atoms with van der Waals surface area (Å²) >= 11 is 5.29. The molecule has 4 rings (SSSR count). The van der Waals surface area contributed by atoms with E-state index in [2.05, 4.69) is 39.1 Å². The molecule has 1 aliphatic rings. The summed E-state index contributed by atoms with van der Waals surface area (Å²) in [6.45, 7) is 2.80. The number of benzene rings is 2. The van der Waals surface area contributed by atoms with E-state index in [0.717, 1.165) is 32.5 Å². The second kappa shape index (κ2) is 9.93. The number of methoxy groups -OCH3 is 1. The Balaban J connectivity index is 1.51. The third-order valence-corrected chi connectivity index (χ3v) is 5.95. The standard InChI is InChI=1S/C24H26N4O3S/c1-31-21-10-6-5-9-20(21)28-23(30)19(22(29)26-24(28)32)15-25-18-11-13-27(14-12-18)16-17-7-3-2-4-8-17/h2-10,15,18,30H,11-14,16H2,1H3,(H,26,29,32). The van der Waals surface area contributed by atoms with Crippen molar-refractivity contribution in [1.82, 2.24) is 14.5 Å². The zero-order valence-corrected chi connectivity index (χ0v) is 18.7. The van der Waals surface area contributed by atoms with Gasteiger partial charge in [0.15, 0.2) is 4.77 Å². The lowest BCUT2D eigenvalue weighted by Gasteiger charge is -2.30. The van der Waals surface area contributed by atoms with Crippen molar-refractivity contribution in [3.05, 3.63) is 80.8 Å². The Kier molecular flexibility index (Phi) is 6.82. The lowest BCUT2D eigenvalue weighted by molar-refractivity contribution is 0.206. The zero-order valence-electron chi connectivity index (χ0n) is 17.9. The summed E-state index contributed by atoms with van der Waals surface area (Å²) in [5, 5.41) is 10.9. The Morgan fingerprint density at radius 2 is 1.84 bits per heavy atom. The van der Waals surface area contributed by atoms with E-state index in [4.69, 9.17) is 17.0 Å². The number of H-pyrrole nitrogens is 1. The van der Waals surface area contributed by atoms with Gasteiger partial charge >= 0.3 is 0 Å². The number of aromatic nitrogens is 2. The van der Waals surface area contributed by atoms with Crippen LogP contribution in [0.3, 0.4) is 0 Å². The Morgan fingerprint density at radius 3 is 2.56 bits per heavy atom. The van der Waals surface area contributed by atoms with E-state index in [1.54, 1.807) is 18.2 Å². The van der Waals surface area contributed by atoms with Crippen molar-refractivity contribution >= 4 is 18.4 Å². The minimum Gasteiger partial charge on any atom is -0.495 e. The number of rotatable bonds is 6. The molecule has 3 aromatic rings. The highest BCUT2D eigenvalue weighted by Gasteiger charge is 2.19. The summed E-state index contributed by atoms with van der Waals surface area (Å²) in [5.41, 5.74) is 1.45. The van der Waals surface area contributed by atoms with Crippen LogP contribution in [-0.4, -0.2) is 52.0 Å². The molecule has 1 aliphatic heterocycles. The maximum Gasteiger partial charge on any atom is 0.264 e. The van der Waals surface area contributed by atoms with Gasteiger partial charge in [-0.3, -0.25) is 24.2 Å². The average Bonchev–Trinajstić information content (AvgIpc) is 2.81. The molecule has 7 nitrogen and oxygen atoms in total. The van der Waals surface area contributed by atoms with Crippen molar-refractivity contribution < 1.29 is 9.84 Å². The topological polar surface area (TPSA) is 82.8 Å². The molecule has 0 aliphatic carbocycles. The lowest BCUT2D eigenvalue weighted by atomic mass is 10.0. The number of nitrogens with one attached hydrogen (secondary N) is 1. The van der Waals surface area contributed by atoms with Crippen LogP contribution in [0.25, 0.3) is 5.69 Å². The van der Waals surface area contributed by atoms with Gasteiger partial charge in [-0.05, 0) is 42.8 Å². The van der Waals surface area contributed by atoms with Crippen LogP contribution in [0.1, 0.15) is 24.0 Å². The van der Waals surface area contributed by atoms with E-state index in [1.165, 1.54) is 23.5 Å². The Hall–Kier alpha value is -3.23. The van der Waals surface area contributed by atoms with E-state index in [0.29, 0.717) is 11.4 Å². The van der Waals surface area contributed by atoms with E-state index in [-0.39, 0.29) is 22.3 Å². The molecule has 0 radical (unpaired) electrons. The van der Waals surface area contributed by atoms with Crippen molar-refractivity contribution in [3.8, 4) is 17.3 Å². The largest absolute Gasteiger partial charge is 0.495 e. The highest BCUT2D eigenvalue weighted by atomic mass is 32.1. The van der Waals surface area contributed by atoms with Gasteiger partial charge in [-0.25, -0.2) is 0 Å². The lowest BCUT2D eigenvalue weighted by Crippen LogP contribution is -2.34. The molecule has 32 heavy (non-hydrogen) atoms. The number of nitrogens with zero attached hydrogens (tertiary/aromatic N) is 3. The van der Waals surface area contributed by atoms with Crippen LogP contribution >= 0.6 is 12.2 Å². The number of para-hydroxylation sites is 2. The number of ether oxygens (including phenoxy) is 1. The van der Waals surface area contributed by atoms with Crippen LogP contribution in [0, 0.1) is 4.77 Å². The highest BCUT2D eigenvalue weighted by Crippen LogP contribution is 2.27. The quantitative estimate of drug-likeness (QED) is 0.442. The first kappa shape index (κ1) is 22.0. The summed E-state index contributed by atoms with van der Waals surface area (Å²) in [7, 11) is 1.54. The molecule has 2 heterocycles. The second-order valence-corrected chi connectivity index (χ2v) is 8.16. The monoisotopic (exact) mass is 450 g/mol. The number of aromatic amines is 1. The first-order chi connectivity index (χ1) is 15.6. The predicted octanol–water partition coefficient (Wildman–Crippen LogP) is 3.69. The normalized spacial score (nSPS) is 15.3. The maximum atomic E-state index is 12.5. The molecule has 2 N–H and O–H groups in total. The van der Waals surface area contributed by atoms with Gasteiger partial charge in [0.1, 0.15) is 11.3 Å². The van der Waals surface area contributed by atoms with Crippen LogP contribution in [0.15, 0.2) is 64.4 Å². The van der Waals surface area contributed by atoms with Crippen LogP contribution in [0.5, 0.6) is 11.6 Å². The van der Waals surface area contributed by atoms with E-state index in [1.807, 2.05) is 12.1 Å². The fourth-order valence-electron chi connectivity index (χ4n) is 3.94. The summed E-state index contributed by atoms with van der Waals surface area (Å²) in [4.78, 5) is 22.2. The maximum absolute atomic E-state index is 12.5. The smallest absolute Gasteiger partial charge is 0.264 e. The Bertz CT molecular complexity index is 1210. The number of hydrogen-bond donors (Lipinski definition) is 2. The van der Waals surface area contributed by atoms with Crippen molar-refractivity contribution in [1.29, 1.82) is 0 Å². The van der Waals surface area contributed by atoms with Crippen molar-refractivity contribution in [2.75, 3.05) is 20.2 Å². The second-order valence-electron chi connectivity index (χ2n) is 7.77. The zero-order chi connectivity index (χ0) is 22.5. The van der Waals surface area contributed by atoms with Gasteiger partial charge in [-0.15, -0.1) is 0 Å². The molecule has 166 valence electrons. The van der Waals surface area contributed by atoms with Crippen LogP contribution in [0.2, 0.25) is 0 Å². The molecule has 0 spiro atoms. The molecular weight excluding hydrogens is 424 g/mol. The van der Waals surface area contributed by atoms with Gasteiger partial charge in [-0.1, -0.05) is 42.5 Å². The van der Waals surface area contributed by atoms with E-state index >= 15 is 0 Å². The van der Waals surface area contributed by atoms with E-state index < -0.39 is 5.56 Å². The minimum atomic E-state index is -0.469. The first-order valence-electron chi connectivity index (χ1n) is 10.6. The van der Waals surface area contributed by atoms with E-state index in [9.17, 15) is 9.90 Å². The summed E-state index contributed by atoms with van der Waals surface area (Å²) in [6.07, 6.45) is 3.26. The van der Waals surface area contributed by atoms with Gasteiger partial charge in [0.05, 0.1) is 18.8 Å². The van der Waals surface area contributed by atoms with Crippen molar-refractivity contribution in [3.63, 3.8) is 0 Å². The SMILES string of the molecule is COc1ccccc1-n1c(O)c(C=NC2CCN(Cc3ccccc3)CC2)c(=O)[nH]c1=S. The molecule has 0 saturated carbocycles. The Morgan fingerprint density at radius 1 is 1.16 bits per heavy atom. The summed E-state index contributed by atoms with van der Waals surface area (Å²) in [5.74, 6) is 0.271. The molecule has 2 aromatic carbocycles. The predicted molar refractivity (Wildman–Crippen MR) is 128 cm³/mol. The van der Waals surface area contributed by atoms with Gasteiger partial charge in [0.25, 0.3) is 5.56 Å². The van der Waals surface area contributed by atoms with Crippen LogP contribution in [0.4, 0.5) is 0 Å². The third-order valence-electron chi connectivity index (χ3n) is 5.67. The number of aromatic hydroxyl groups is 1. The summed E-state index contributed by atoms with van der Waals surface area (Å²) in [6, 6.07) is 17.7. The molecule has 1 saturated heterocycles.